The molecule has 2 rings (SSSR count). The third-order valence-electron chi connectivity index (χ3n) is 4.39. The number of nitriles is 1. The normalized spacial score (nSPS) is 22.2. The molecule has 0 atom stereocenters. The zero-order chi connectivity index (χ0) is 14.6. The molecule has 0 aromatic heterocycles. The van der Waals surface area contributed by atoms with Crippen molar-refractivity contribution < 1.29 is 14.3 Å². The first kappa shape index (κ1) is 14.6. The lowest BCUT2D eigenvalue weighted by Crippen LogP contribution is -2.50. The Morgan fingerprint density at radius 2 is 1.90 bits per heavy atom. The number of rotatable bonds is 3. The van der Waals surface area contributed by atoms with Gasteiger partial charge in [-0.2, -0.15) is 5.26 Å². The second-order valence-corrected chi connectivity index (χ2v) is 5.75. The van der Waals surface area contributed by atoms with Gasteiger partial charge in [0.2, 0.25) is 0 Å². The van der Waals surface area contributed by atoms with E-state index in [1.54, 1.807) is 0 Å². The second kappa shape index (κ2) is 6.12. The number of nitrogens with zero attached hydrogens (tertiary/aromatic N) is 2. The molecule has 1 aliphatic heterocycles. The van der Waals surface area contributed by atoms with E-state index in [1.165, 1.54) is 4.90 Å². The van der Waals surface area contributed by atoms with E-state index in [4.69, 9.17) is 15.7 Å². The highest BCUT2D eigenvalue weighted by Gasteiger charge is 2.40. The largest absolute Gasteiger partial charge is 0.458 e. The maximum absolute atomic E-state index is 12.2. The lowest BCUT2D eigenvalue weighted by molar-refractivity contribution is -0.168. The van der Waals surface area contributed by atoms with Crippen molar-refractivity contribution in [3.8, 4) is 6.07 Å². The Bertz CT molecular complexity index is 416. The molecule has 0 radical (unpaired) electrons. The van der Waals surface area contributed by atoms with Crippen LogP contribution in [0.1, 0.15) is 44.9 Å². The van der Waals surface area contributed by atoms with Crippen molar-refractivity contribution in [2.24, 2.45) is 11.7 Å². The molecular formula is C14H21N3O3. The van der Waals surface area contributed by atoms with Crippen molar-refractivity contribution >= 4 is 12.0 Å². The van der Waals surface area contributed by atoms with Crippen LogP contribution >= 0.6 is 0 Å². The van der Waals surface area contributed by atoms with E-state index in [0.29, 0.717) is 25.9 Å². The summed E-state index contributed by atoms with van der Waals surface area (Å²) in [5.74, 6) is -0.190. The molecule has 110 valence electrons. The second-order valence-electron chi connectivity index (χ2n) is 5.75. The number of hydrogen-bond donors (Lipinski definition) is 1. The summed E-state index contributed by atoms with van der Waals surface area (Å²) < 4.78 is 5.69. The van der Waals surface area contributed by atoms with E-state index in [9.17, 15) is 9.59 Å². The van der Waals surface area contributed by atoms with Gasteiger partial charge in [-0.3, -0.25) is 4.79 Å². The molecule has 1 saturated heterocycles. The molecule has 20 heavy (non-hydrogen) atoms. The van der Waals surface area contributed by atoms with Crippen molar-refractivity contribution in [2.45, 2.75) is 50.5 Å². The number of carbonyl (C=O) groups excluding carboxylic acids is 2. The fourth-order valence-electron chi connectivity index (χ4n) is 3.05. The molecule has 2 aliphatic rings. The van der Waals surface area contributed by atoms with Gasteiger partial charge in [-0.15, -0.1) is 0 Å². The SMILES string of the molecule is N#CCC1(OC(=O)C2CCCC2)CCN(C(N)=O)CC1. The highest BCUT2D eigenvalue weighted by atomic mass is 16.6. The number of likely N-dealkylation sites (tertiary alicyclic amines) is 1. The number of nitrogens with two attached hydrogens (primary N) is 1. The Hall–Kier alpha value is -1.77. The molecule has 0 aromatic carbocycles. The average Bonchev–Trinajstić information content (AvgIpc) is 2.93. The first-order valence-corrected chi connectivity index (χ1v) is 7.20. The molecule has 2 fully saturated rings. The Morgan fingerprint density at radius 3 is 2.40 bits per heavy atom. The summed E-state index contributed by atoms with van der Waals surface area (Å²) >= 11 is 0. The van der Waals surface area contributed by atoms with Gasteiger partial charge in [-0.05, 0) is 12.8 Å². The summed E-state index contributed by atoms with van der Waals surface area (Å²) in [6.07, 6.45) is 5.06. The quantitative estimate of drug-likeness (QED) is 0.792. The van der Waals surface area contributed by atoms with Crippen molar-refractivity contribution in [2.75, 3.05) is 13.1 Å². The van der Waals surface area contributed by atoms with Gasteiger partial charge >= 0.3 is 12.0 Å². The van der Waals surface area contributed by atoms with Crippen LogP contribution in [-0.4, -0.2) is 35.6 Å². The maximum Gasteiger partial charge on any atom is 0.314 e. The summed E-state index contributed by atoms with van der Waals surface area (Å²) in [5.41, 5.74) is 4.51. The molecule has 0 aromatic rings. The molecule has 0 bridgehead atoms. The van der Waals surface area contributed by atoms with Gasteiger partial charge in [-0.25, -0.2) is 4.79 Å². The minimum absolute atomic E-state index is 0.0141. The van der Waals surface area contributed by atoms with Gasteiger partial charge in [0, 0.05) is 25.9 Å². The number of primary amides is 1. The number of hydrogen-bond acceptors (Lipinski definition) is 4. The summed E-state index contributed by atoms with van der Waals surface area (Å²) in [7, 11) is 0. The highest BCUT2D eigenvalue weighted by Crippen LogP contribution is 2.33. The molecule has 1 saturated carbocycles. The van der Waals surface area contributed by atoms with Gasteiger partial charge in [0.15, 0.2) is 0 Å². The molecule has 0 spiro atoms. The molecule has 2 N–H and O–H groups in total. The van der Waals surface area contributed by atoms with Gasteiger partial charge in [0.05, 0.1) is 18.4 Å². The molecular weight excluding hydrogens is 258 g/mol. The van der Waals surface area contributed by atoms with E-state index in [1.807, 2.05) is 0 Å². The highest BCUT2D eigenvalue weighted by molar-refractivity contribution is 5.74. The minimum atomic E-state index is -0.736. The predicted octanol–water partition coefficient (Wildman–Crippen LogP) is 1.55. The van der Waals surface area contributed by atoms with E-state index in [2.05, 4.69) is 6.07 Å². The number of ether oxygens (including phenoxy) is 1. The first-order chi connectivity index (χ1) is 9.56. The van der Waals surface area contributed by atoms with Gasteiger partial charge in [0.1, 0.15) is 5.60 Å². The molecule has 2 amide bonds. The predicted molar refractivity (Wildman–Crippen MR) is 71.4 cm³/mol. The van der Waals surface area contributed by atoms with Crippen LogP contribution < -0.4 is 5.73 Å². The van der Waals surface area contributed by atoms with Crippen LogP contribution in [0.25, 0.3) is 0 Å². The minimum Gasteiger partial charge on any atom is -0.458 e. The molecule has 0 unspecified atom stereocenters. The van der Waals surface area contributed by atoms with E-state index in [0.717, 1.165) is 25.7 Å². The third kappa shape index (κ3) is 3.21. The van der Waals surface area contributed by atoms with E-state index < -0.39 is 11.6 Å². The Morgan fingerprint density at radius 1 is 1.30 bits per heavy atom. The van der Waals surface area contributed by atoms with Crippen LogP contribution in [0, 0.1) is 17.2 Å². The topological polar surface area (TPSA) is 96.4 Å². The zero-order valence-electron chi connectivity index (χ0n) is 11.6. The number of urea groups is 1. The van der Waals surface area contributed by atoms with Crippen molar-refractivity contribution in [3.63, 3.8) is 0 Å². The zero-order valence-corrected chi connectivity index (χ0v) is 11.6. The Balaban J connectivity index is 1.98. The smallest absolute Gasteiger partial charge is 0.314 e. The average molecular weight is 279 g/mol. The lowest BCUT2D eigenvalue weighted by Gasteiger charge is -2.39. The third-order valence-corrected chi connectivity index (χ3v) is 4.39. The molecule has 6 heteroatoms. The maximum atomic E-state index is 12.2. The van der Waals surface area contributed by atoms with Gasteiger partial charge < -0.3 is 15.4 Å². The van der Waals surface area contributed by atoms with Crippen LogP contribution in [0.4, 0.5) is 4.79 Å². The Labute approximate surface area is 118 Å². The van der Waals surface area contributed by atoms with Crippen LogP contribution in [0.2, 0.25) is 0 Å². The molecule has 1 heterocycles. The standard InChI is InChI=1S/C14H21N3O3/c15-8-5-14(6-9-17(10-7-14)13(16)19)20-12(18)11-3-1-2-4-11/h11H,1-7,9-10H2,(H2,16,19). The lowest BCUT2D eigenvalue weighted by atomic mass is 9.88. The molecule has 6 nitrogen and oxygen atoms in total. The van der Waals surface area contributed by atoms with Crippen molar-refractivity contribution in [1.82, 2.24) is 4.90 Å². The fourth-order valence-corrected chi connectivity index (χ4v) is 3.05. The molecule has 1 aliphatic carbocycles. The Kier molecular flexibility index (Phi) is 4.48. The van der Waals surface area contributed by atoms with Gasteiger partial charge in [0.25, 0.3) is 0 Å². The van der Waals surface area contributed by atoms with Crippen LogP contribution in [-0.2, 0) is 9.53 Å². The van der Waals surface area contributed by atoms with Gasteiger partial charge in [-0.1, -0.05) is 12.8 Å². The summed E-state index contributed by atoms with van der Waals surface area (Å²) in [5, 5.41) is 8.99. The number of piperidine rings is 1. The van der Waals surface area contributed by atoms with Crippen molar-refractivity contribution in [1.29, 1.82) is 5.26 Å². The van der Waals surface area contributed by atoms with E-state index in [-0.39, 0.29) is 18.3 Å². The monoisotopic (exact) mass is 279 g/mol. The van der Waals surface area contributed by atoms with Crippen molar-refractivity contribution in [3.05, 3.63) is 0 Å². The first-order valence-electron chi connectivity index (χ1n) is 7.20. The van der Waals surface area contributed by atoms with Crippen LogP contribution in [0.5, 0.6) is 0 Å². The number of amides is 2. The number of esters is 1. The van der Waals surface area contributed by atoms with Crippen LogP contribution in [0.3, 0.4) is 0 Å². The summed E-state index contributed by atoms with van der Waals surface area (Å²) in [6.45, 7) is 0.879. The number of carbonyl (C=O) groups is 2. The summed E-state index contributed by atoms with van der Waals surface area (Å²) in [4.78, 5) is 24.8. The summed E-state index contributed by atoms with van der Waals surface area (Å²) in [6, 6.07) is 1.65. The van der Waals surface area contributed by atoms with Crippen LogP contribution in [0.15, 0.2) is 0 Å². The van der Waals surface area contributed by atoms with E-state index >= 15 is 0 Å². The fraction of sp³-hybridized carbons (Fsp3) is 0.786.